The second-order valence-corrected chi connectivity index (χ2v) is 7.66. The molecule has 1 heterocycles. The van der Waals surface area contributed by atoms with Crippen LogP contribution in [0.25, 0.3) is 11.0 Å². The second kappa shape index (κ2) is 9.14. The van der Waals surface area contributed by atoms with Crippen LogP contribution in [0.2, 0.25) is 0 Å². The summed E-state index contributed by atoms with van der Waals surface area (Å²) >= 11 is 0. The summed E-state index contributed by atoms with van der Waals surface area (Å²) in [5, 5.41) is 7.53. The van der Waals surface area contributed by atoms with Crippen molar-refractivity contribution in [1.29, 1.82) is 0 Å². The van der Waals surface area contributed by atoms with Crippen molar-refractivity contribution >= 4 is 16.9 Å². The molecule has 0 bridgehead atoms. The smallest absolute Gasteiger partial charge is 0.287 e. The summed E-state index contributed by atoms with van der Waals surface area (Å²) in [4.78, 5) is 12.6. The minimum atomic E-state index is -0.224. The molecular weight excluding hydrogens is 364 g/mol. The lowest BCUT2D eigenvalue weighted by molar-refractivity contribution is 0.0925. The highest BCUT2D eigenvalue weighted by Crippen LogP contribution is 2.32. The quantitative estimate of drug-likeness (QED) is 0.607. The maximum Gasteiger partial charge on any atom is 0.287 e. The largest absolute Gasteiger partial charge is 0.493 e. The van der Waals surface area contributed by atoms with Crippen LogP contribution in [-0.2, 0) is 13.1 Å². The molecule has 1 aromatic heterocycles. The number of nitrogens with one attached hydrogen (secondary N) is 2. The number of carbonyl (C=O) groups excluding carboxylic acids is 1. The topological polar surface area (TPSA) is 63.5 Å². The average molecular weight is 392 g/mol. The van der Waals surface area contributed by atoms with E-state index in [1.165, 1.54) is 32.1 Å². The Kier molecular flexibility index (Phi) is 6.15. The first-order valence-electron chi connectivity index (χ1n) is 10.4. The van der Waals surface area contributed by atoms with E-state index in [2.05, 4.69) is 16.7 Å². The third-order valence-electron chi connectivity index (χ3n) is 5.66. The summed E-state index contributed by atoms with van der Waals surface area (Å²) in [6.45, 7) is 1.22. The van der Waals surface area contributed by atoms with Gasteiger partial charge in [-0.1, -0.05) is 55.7 Å². The molecule has 3 aromatic rings. The molecule has 0 saturated heterocycles. The highest BCUT2D eigenvalue weighted by atomic mass is 16.5. The van der Waals surface area contributed by atoms with Gasteiger partial charge in [-0.3, -0.25) is 4.79 Å². The van der Waals surface area contributed by atoms with Crippen molar-refractivity contribution in [2.45, 2.75) is 51.2 Å². The van der Waals surface area contributed by atoms with E-state index in [9.17, 15) is 4.79 Å². The van der Waals surface area contributed by atoms with Crippen LogP contribution >= 0.6 is 0 Å². The second-order valence-electron chi connectivity index (χ2n) is 7.66. The Bertz CT molecular complexity index is 959. The van der Waals surface area contributed by atoms with Gasteiger partial charge in [0, 0.05) is 24.5 Å². The number of hydrogen-bond acceptors (Lipinski definition) is 4. The van der Waals surface area contributed by atoms with E-state index in [1.54, 1.807) is 7.11 Å². The van der Waals surface area contributed by atoms with Crippen LogP contribution in [0, 0.1) is 0 Å². The fourth-order valence-corrected chi connectivity index (χ4v) is 4.01. The first-order valence-corrected chi connectivity index (χ1v) is 10.4. The molecule has 1 aliphatic carbocycles. The van der Waals surface area contributed by atoms with Crippen LogP contribution < -0.4 is 15.4 Å². The summed E-state index contributed by atoms with van der Waals surface area (Å²) in [5.74, 6) is 0.723. The SMILES string of the molecule is COc1ccc(CNC2CCCCC2)c2cc(C(=O)NCc3ccccc3)oc12. The van der Waals surface area contributed by atoms with Crippen LogP contribution in [0.4, 0.5) is 0 Å². The first kappa shape index (κ1) is 19.5. The maximum absolute atomic E-state index is 12.6. The molecule has 5 heteroatoms. The van der Waals surface area contributed by atoms with Crippen molar-refractivity contribution in [3.8, 4) is 5.75 Å². The molecular formula is C24H28N2O3. The first-order chi connectivity index (χ1) is 14.2. The molecule has 2 N–H and O–H groups in total. The molecule has 0 spiro atoms. The van der Waals surface area contributed by atoms with Gasteiger partial charge in [-0.15, -0.1) is 0 Å². The summed E-state index contributed by atoms with van der Waals surface area (Å²) < 4.78 is 11.4. The highest BCUT2D eigenvalue weighted by molar-refractivity contribution is 5.98. The zero-order valence-electron chi connectivity index (χ0n) is 16.9. The number of fused-ring (bicyclic) bond motifs is 1. The minimum Gasteiger partial charge on any atom is -0.493 e. The predicted octanol–water partition coefficient (Wildman–Crippen LogP) is 4.79. The number of carbonyl (C=O) groups is 1. The van der Waals surface area contributed by atoms with Gasteiger partial charge in [0.15, 0.2) is 17.1 Å². The standard InChI is InChI=1S/C24H28N2O3/c1-28-21-13-12-18(16-25-19-10-6-3-7-11-19)20-14-22(29-23(20)21)24(27)26-15-17-8-4-2-5-9-17/h2,4-5,8-9,12-14,19,25H,3,6-7,10-11,15-16H2,1H3,(H,26,27). The lowest BCUT2D eigenvalue weighted by Crippen LogP contribution is -2.30. The third kappa shape index (κ3) is 4.62. The molecule has 4 rings (SSSR count). The average Bonchev–Trinajstić information content (AvgIpc) is 3.23. The van der Waals surface area contributed by atoms with E-state index in [-0.39, 0.29) is 5.91 Å². The molecule has 2 aromatic carbocycles. The van der Waals surface area contributed by atoms with Gasteiger partial charge >= 0.3 is 0 Å². The van der Waals surface area contributed by atoms with E-state index in [0.717, 1.165) is 23.1 Å². The molecule has 1 saturated carbocycles. The number of benzene rings is 2. The van der Waals surface area contributed by atoms with E-state index in [0.29, 0.717) is 29.7 Å². The number of furan rings is 1. The van der Waals surface area contributed by atoms with Gasteiger partial charge in [0.2, 0.25) is 0 Å². The van der Waals surface area contributed by atoms with Gasteiger partial charge in [0.05, 0.1) is 7.11 Å². The lowest BCUT2D eigenvalue weighted by Gasteiger charge is -2.23. The maximum atomic E-state index is 12.6. The molecule has 5 nitrogen and oxygen atoms in total. The summed E-state index contributed by atoms with van der Waals surface area (Å²) in [6.07, 6.45) is 6.41. The van der Waals surface area contributed by atoms with E-state index in [4.69, 9.17) is 9.15 Å². The van der Waals surface area contributed by atoms with Crippen molar-refractivity contribution in [2.24, 2.45) is 0 Å². The van der Waals surface area contributed by atoms with Gasteiger partial charge in [-0.2, -0.15) is 0 Å². The molecule has 0 aliphatic heterocycles. The van der Waals surface area contributed by atoms with Crippen molar-refractivity contribution < 1.29 is 13.9 Å². The Labute approximate surface area is 171 Å². The van der Waals surface area contributed by atoms with Crippen molar-refractivity contribution in [3.05, 3.63) is 65.4 Å². The Morgan fingerprint density at radius 2 is 1.86 bits per heavy atom. The monoisotopic (exact) mass is 392 g/mol. The Morgan fingerprint density at radius 3 is 2.62 bits per heavy atom. The van der Waals surface area contributed by atoms with Gasteiger partial charge in [0.1, 0.15) is 0 Å². The summed E-state index contributed by atoms with van der Waals surface area (Å²) in [7, 11) is 1.62. The number of ether oxygens (including phenoxy) is 1. The van der Waals surface area contributed by atoms with Crippen molar-refractivity contribution in [1.82, 2.24) is 10.6 Å². The molecule has 1 aliphatic rings. The van der Waals surface area contributed by atoms with Gasteiger partial charge in [-0.25, -0.2) is 0 Å². The van der Waals surface area contributed by atoms with Crippen molar-refractivity contribution in [2.75, 3.05) is 7.11 Å². The number of amides is 1. The van der Waals surface area contributed by atoms with Crippen LogP contribution in [-0.4, -0.2) is 19.1 Å². The zero-order chi connectivity index (χ0) is 20.1. The minimum absolute atomic E-state index is 0.224. The molecule has 1 amide bonds. The molecule has 0 radical (unpaired) electrons. The highest BCUT2D eigenvalue weighted by Gasteiger charge is 2.19. The van der Waals surface area contributed by atoms with Crippen LogP contribution in [0.5, 0.6) is 5.75 Å². The van der Waals surface area contributed by atoms with Crippen LogP contribution in [0.15, 0.2) is 52.9 Å². The summed E-state index contributed by atoms with van der Waals surface area (Å²) in [6, 6.07) is 16.2. The molecule has 0 atom stereocenters. The fourth-order valence-electron chi connectivity index (χ4n) is 4.01. The Morgan fingerprint density at radius 1 is 1.07 bits per heavy atom. The van der Waals surface area contributed by atoms with E-state index in [1.807, 2.05) is 42.5 Å². The van der Waals surface area contributed by atoms with Gasteiger partial charge in [-0.05, 0) is 36.1 Å². The van der Waals surface area contributed by atoms with Crippen LogP contribution in [0.3, 0.4) is 0 Å². The zero-order valence-corrected chi connectivity index (χ0v) is 16.9. The Hall–Kier alpha value is -2.79. The number of methoxy groups -OCH3 is 1. The van der Waals surface area contributed by atoms with Gasteiger partial charge in [0.25, 0.3) is 5.91 Å². The molecule has 152 valence electrons. The van der Waals surface area contributed by atoms with E-state index < -0.39 is 0 Å². The fraction of sp³-hybridized carbons (Fsp3) is 0.375. The predicted molar refractivity (Wildman–Crippen MR) is 114 cm³/mol. The van der Waals surface area contributed by atoms with E-state index >= 15 is 0 Å². The normalized spacial score (nSPS) is 14.8. The molecule has 1 fully saturated rings. The molecule has 0 unspecified atom stereocenters. The van der Waals surface area contributed by atoms with Crippen molar-refractivity contribution in [3.63, 3.8) is 0 Å². The summed E-state index contributed by atoms with van der Waals surface area (Å²) in [5.41, 5.74) is 2.80. The van der Waals surface area contributed by atoms with Gasteiger partial charge < -0.3 is 19.8 Å². The number of hydrogen-bond donors (Lipinski definition) is 2. The Balaban J connectivity index is 1.51. The van der Waals surface area contributed by atoms with Crippen LogP contribution in [0.1, 0.15) is 53.8 Å². The lowest BCUT2D eigenvalue weighted by atomic mass is 9.95. The number of rotatable bonds is 7. The third-order valence-corrected chi connectivity index (χ3v) is 5.66. The molecule has 29 heavy (non-hydrogen) atoms.